The first-order chi connectivity index (χ1) is 14.8. The second-order valence-corrected chi connectivity index (χ2v) is 11.4. The molecule has 168 valence electrons. The van der Waals surface area contributed by atoms with Gasteiger partial charge in [0.2, 0.25) is 15.9 Å². The maximum absolute atomic E-state index is 12.7. The Morgan fingerprint density at radius 2 is 1.84 bits per heavy atom. The molecular formula is C23H29ClN2O3S2. The van der Waals surface area contributed by atoms with Gasteiger partial charge in [-0.3, -0.25) is 4.79 Å². The summed E-state index contributed by atoms with van der Waals surface area (Å²) in [5, 5.41) is 3.73. The number of carbonyl (C=O) groups is 1. The van der Waals surface area contributed by atoms with E-state index in [-0.39, 0.29) is 17.6 Å². The zero-order chi connectivity index (χ0) is 22.3. The third-order valence-corrected chi connectivity index (χ3v) is 8.47. The van der Waals surface area contributed by atoms with Crippen molar-refractivity contribution in [1.82, 2.24) is 9.62 Å². The molecule has 1 amide bonds. The maximum atomic E-state index is 12.7. The molecule has 0 unspecified atom stereocenters. The second kappa shape index (κ2) is 11.4. The van der Waals surface area contributed by atoms with Crippen molar-refractivity contribution in [3.8, 4) is 0 Å². The van der Waals surface area contributed by atoms with Gasteiger partial charge in [0.05, 0.1) is 5.75 Å². The van der Waals surface area contributed by atoms with Gasteiger partial charge in [-0.2, -0.15) is 11.8 Å². The van der Waals surface area contributed by atoms with Crippen LogP contribution in [0.5, 0.6) is 0 Å². The largest absolute Gasteiger partial charge is 0.355 e. The van der Waals surface area contributed by atoms with Crippen molar-refractivity contribution in [2.45, 2.75) is 31.3 Å². The van der Waals surface area contributed by atoms with Crippen LogP contribution in [-0.4, -0.2) is 44.0 Å². The fourth-order valence-electron chi connectivity index (χ4n) is 3.71. The summed E-state index contributed by atoms with van der Waals surface area (Å²) in [4.78, 5) is 12.5. The van der Waals surface area contributed by atoms with Gasteiger partial charge in [-0.1, -0.05) is 53.6 Å². The first-order valence-electron chi connectivity index (χ1n) is 10.5. The van der Waals surface area contributed by atoms with Crippen molar-refractivity contribution in [2.75, 3.05) is 25.4 Å². The SMILES string of the molecule is Cc1cccc(CS(=O)(=O)N2CCC(C(=O)NCCSCc3cccc(Cl)c3)CC2)c1. The lowest BCUT2D eigenvalue weighted by Gasteiger charge is -2.30. The van der Waals surface area contributed by atoms with Crippen LogP contribution >= 0.6 is 23.4 Å². The minimum absolute atomic E-state index is 0.00932. The van der Waals surface area contributed by atoms with Gasteiger partial charge >= 0.3 is 0 Å². The lowest BCUT2D eigenvalue weighted by molar-refractivity contribution is -0.125. The third kappa shape index (κ3) is 7.52. The summed E-state index contributed by atoms with van der Waals surface area (Å²) in [6.07, 6.45) is 1.13. The number of aryl methyl sites for hydroxylation is 1. The van der Waals surface area contributed by atoms with Gasteiger partial charge in [-0.25, -0.2) is 12.7 Å². The number of thioether (sulfide) groups is 1. The van der Waals surface area contributed by atoms with E-state index in [2.05, 4.69) is 5.32 Å². The molecule has 0 aromatic heterocycles. The molecule has 1 aliphatic rings. The summed E-state index contributed by atoms with van der Waals surface area (Å²) in [6.45, 7) is 3.36. The molecule has 0 bridgehead atoms. The predicted molar refractivity (Wildman–Crippen MR) is 129 cm³/mol. The van der Waals surface area contributed by atoms with E-state index in [0.29, 0.717) is 32.5 Å². The summed E-state index contributed by atoms with van der Waals surface area (Å²) in [6, 6.07) is 15.4. The van der Waals surface area contributed by atoms with Gasteiger partial charge in [0, 0.05) is 42.1 Å². The highest BCUT2D eigenvalue weighted by molar-refractivity contribution is 7.98. The zero-order valence-corrected chi connectivity index (χ0v) is 20.1. The van der Waals surface area contributed by atoms with Crippen molar-refractivity contribution in [3.05, 3.63) is 70.2 Å². The number of carbonyl (C=O) groups excluding carboxylic acids is 1. The van der Waals surface area contributed by atoms with Crippen LogP contribution < -0.4 is 5.32 Å². The van der Waals surface area contributed by atoms with Gasteiger partial charge < -0.3 is 5.32 Å². The summed E-state index contributed by atoms with van der Waals surface area (Å²) >= 11 is 7.74. The van der Waals surface area contributed by atoms with Crippen molar-refractivity contribution in [2.24, 2.45) is 5.92 Å². The molecule has 1 saturated heterocycles. The molecule has 0 aliphatic carbocycles. The average Bonchev–Trinajstić information content (AvgIpc) is 2.73. The molecule has 0 saturated carbocycles. The quantitative estimate of drug-likeness (QED) is 0.545. The van der Waals surface area contributed by atoms with Crippen molar-refractivity contribution >= 4 is 39.3 Å². The number of hydrogen-bond donors (Lipinski definition) is 1. The second-order valence-electron chi connectivity index (χ2n) is 7.89. The van der Waals surface area contributed by atoms with E-state index < -0.39 is 10.0 Å². The molecule has 0 spiro atoms. The molecule has 2 aromatic rings. The number of benzene rings is 2. The number of piperidine rings is 1. The van der Waals surface area contributed by atoms with Crippen molar-refractivity contribution < 1.29 is 13.2 Å². The van der Waals surface area contributed by atoms with Gasteiger partial charge in [0.25, 0.3) is 0 Å². The van der Waals surface area contributed by atoms with Crippen LogP contribution in [-0.2, 0) is 26.3 Å². The number of sulfonamides is 1. The van der Waals surface area contributed by atoms with Crippen LogP contribution in [0.25, 0.3) is 0 Å². The number of hydrogen-bond acceptors (Lipinski definition) is 4. The summed E-state index contributed by atoms with van der Waals surface area (Å²) in [7, 11) is -3.37. The lowest BCUT2D eigenvalue weighted by Crippen LogP contribution is -2.43. The Morgan fingerprint density at radius 1 is 1.13 bits per heavy atom. The summed E-state index contributed by atoms with van der Waals surface area (Å²) in [5.41, 5.74) is 3.02. The fourth-order valence-corrected chi connectivity index (χ4v) is 6.28. The molecular weight excluding hydrogens is 452 g/mol. The van der Waals surface area contributed by atoms with Crippen LogP contribution in [0.3, 0.4) is 0 Å². The number of nitrogens with zero attached hydrogens (tertiary/aromatic N) is 1. The Bertz CT molecular complexity index is 990. The Kier molecular flexibility index (Phi) is 8.84. The van der Waals surface area contributed by atoms with E-state index in [9.17, 15) is 13.2 Å². The van der Waals surface area contributed by atoms with Gasteiger partial charge in [-0.05, 0) is 43.0 Å². The molecule has 0 atom stereocenters. The molecule has 1 fully saturated rings. The highest BCUT2D eigenvalue weighted by Crippen LogP contribution is 2.22. The summed E-state index contributed by atoms with van der Waals surface area (Å²) < 4.78 is 27.0. The van der Waals surface area contributed by atoms with E-state index >= 15 is 0 Å². The van der Waals surface area contributed by atoms with Crippen LogP contribution in [0.15, 0.2) is 48.5 Å². The van der Waals surface area contributed by atoms with Crippen LogP contribution in [0, 0.1) is 12.8 Å². The molecule has 1 aliphatic heterocycles. The first kappa shape index (κ1) is 24.1. The van der Waals surface area contributed by atoms with Crippen LogP contribution in [0.2, 0.25) is 5.02 Å². The Labute approximate surface area is 194 Å². The number of halogens is 1. The number of nitrogens with one attached hydrogen (secondary N) is 1. The van der Waals surface area contributed by atoms with E-state index in [1.807, 2.05) is 55.5 Å². The van der Waals surface area contributed by atoms with E-state index in [4.69, 9.17) is 11.6 Å². The Morgan fingerprint density at radius 3 is 2.55 bits per heavy atom. The molecule has 1 heterocycles. The average molecular weight is 481 g/mol. The number of rotatable bonds is 9. The predicted octanol–water partition coefficient (Wildman–Crippen LogP) is 4.24. The normalized spacial score (nSPS) is 15.7. The molecule has 0 radical (unpaired) electrons. The molecule has 2 aromatic carbocycles. The first-order valence-corrected chi connectivity index (χ1v) is 13.6. The van der Waals surface area contributed by atoms with Crippen LogP contribution in [0.1, 0.15) is 29.5 Å². The maximum Gasteiger partial charge on any atom is 0.223 e. The molecule has 5 nitrogen and oxygen atoms in total. The smallest absolute Gasteiger partial charge is 0.223 e. The van der Waals surface area contributed by atoms with E-state index in [0.717, 1.165) is 27.7 Å². The topological polar surface area (TPSA) is 66.5 Å². The van der Waals surface area contributed by atoms with E-state index in [1.165, 1.54) is 9.87 Å². The molecule has 3 rings (SSSR count). The highest BCUT2D eigenvalue weighted by atomic mass is 35.5. The van der Waals surface area contributed by atoms with Gasteiger partial charge in [0.15, 0.2) is 0 Å². The monoisotopic (exact) mass is 480 g/mol. The van der Waals surface area contributed by atoms with Crippen molar-refractivity contribution in [3.63, 3.8) is 0 Å². The minimum Gasteiger partial charge on any atom is -0.355 e. The highest BCUT2D eigenvalue weighted by Gasteiger charge is 2.31. The van der Waals surface area contributed by atoms with Crippen LogP contribution in [0.4, 0.5) is 0 Å². The Balaban J connectivity index is 1.37. The molecule has 31 heavy (non-hydrogen) atoms. The lowest BCUT2D eigenvalue weighted by atomic mass is 9.97. The molecule has 1 N–H and O–H groups in total. The van der Waals surface area contributed by atoms with Gasteiger partial charge in [0.1, 0.15) is 0 Å². The Hall–Kier alpha value is -1.54. The third-order valence-electron chi connectivity index (χ3n) is 5.35. The number of amides is 1. The minimum atomic E-state index is -3.37. The van der Waals surface area contributed by atoms with Crippen molar-refractivity contribution in [1.29, 1.82) is 0 Å². The van der Waals surface area contributed by atoms with Gasteiger partial charge in [-0.15, -0.1) is 0 Å². The standard InChI is InChI=1S/C23H29ClN2O3S2/c1-18-4-2-6-20(14-18)17-31(28,29)26-11-8-21(9-12-26)23(27)25-10-13-30-16-19-5-3-7-22(24)15-19/h2-7,14-15,21H,8-13,16-17H2,1H3,(H,25,27). The summed E-state index contributed by atoms with van der Waals surface area (Å²) in [5.74, 6) is 1.59. The fraction of sp³-hybridized carbons (Fsp3) is 0.435. The molecule has 8 heteroatoms. The zero-order valence-electron chi connectivity index (χ0n) is 17.7. The van der Waals surface area contributed by atoms with E-state index in [1.54, 1.807) is 11.8 Å².